The predicted molar refractivity (Wildman–Crippen MR) is 160 cm³/mol. The molecule has 3 fully saturated rings. The standard InChI is InChI=1S/C37H50O3/c1-24(2)26-13-15-35(5)27(26)14-16-37(7)31(35)30(38)21-28-29-22-34(4,18-17-33(29,3)19-20-36(28,37)6)32(39)40-23-25-11-9-8-10-12-25/h8-12,21,24,29,31H,13-20,22-23H2,1-7H3/t29-,31-,33+,34-,35-,36+,37+/m0/s1. The van der Waals surface area contributed by atoms with Gasteiger partial charge in [-0.15, -0.1) is 0 Å². The molecule has 40 heavy (non-hydrogen) atoms. The lowest BCUT2D eigenvalue weighted by Gasteiger charge is -2.67. The third-order valence-corrected chi connectivity index (χ3v) is 13.4. The summed E-state index contributed by atoms with van der Waals surface area (Å²) < 4.78 is 5.93. The Kier molecular flexibility index (Phi) is 6.41. The van der Waals surface area contributed by atoms with Crippen LogP contribution in [0.3, 0.4) is 0 Å². The van der Waals surface area contributed by atoms with Crippen molar-refractivity contribution in [3.8, 4) is 0 Å². The third kappa shape index (κ3) is 3.81. The molecular formula is C37H50O3. The van der Waals surface area contributed by atoms with Crippen molar-refractivity contribution in [2.45, 2.75) is 113 Å². The zero-order chi connectivity index (χ0) is 28.7. The van der Waals surface area contributed by atoms with Crippen LogP contribution < -0.4 is 0 Å². The number of rotatable bonds is 4. The van der Waals surface area contributed by atoms with Crippen LogP contribution in [0.15, 0.2) is 53.1 Å². The van der Waals surface area contributed by atoms with Gasteiger partial charge in [0, 0.05) is 5.92 Å². The first-order valence-corrected chi connectivity index (χ1v) is 16.0. The van der Waals surface area contributed by atoms with Crippen molar-refractivity contribution in [1.82, 2.24) is 0 Å². The van der Waals surface area contributed by atoms with Crippen molar-refractivity contribution >= 4 is 11.8 Å². The lowest BCUT2D eigenvalue weighted by molar-refractivity contribution is -0.165. The van der Waals surface area contributed by atoms with Crippen LogP contribution in [0.4, 0.5) is 0 Å². The topological polar surface area (TPSA) is 43.4 Å². The Morgan fingerprint density at radius 2 is 1.62 bits per heavy atom. The van der Waals surface area contributed by atoms with Gasteiger partial charge in [-0.1, -0.05) is 88.6 Å². The molecule has 3 nitrogen and oxygen atoms in total. The minimum absolute atomic E-state index is 0.0161. The smallest absolute Gasteiger partial charge is 0.312 e. The van der Waals surface area contributed by atoms with E-state index >= 15 is 0 Å². The number of esters is 1. The molecule has 216 valence electrons. The van der Waals surface area contributed by atoms with E-state index in [9.17, 15) is 9.59 Å². The quantitative estimate of drug-likeness (QED) is 0.282. The maximum absolute atomic E-state index is 14.4. The molecule has 0 aromatic heterocycles. The summed E-state index contributed by atoms with van der Waals surface area (Å²) >= 11 is 0. The fourth-order valence-electron chi connectivity index (χ4n) is 10.5. The average Bonchev–Trinajstić information content (AvgIpc) is 3.27. The number of carbonyl (C=O) groups excluding carboxylic acids is 2. The Bertz CT molecular complexity index is 1290. The molecule has 5 aliphatic rings. The minimum Gasteiger partial charge on any atom is -0.460 e. The van der Waals surface area contributed by atoms with Crippen molar-refractivity contribution < 1.29 is 14.3 Å². The molecule has 5 aliphatic carbocycles. The molecule has 0 saturated heterocycles. The average molecular weight is 543 g/mol. The van der Waals surface area contributed by atoms with E-state index in [2.05, 4.69) is 54.5 Å². The van der Waals surface area contributed by atoms with Gasteiger partial charge in [0.25, 0.3) is 0 Å². The number of hydrogen-bond acceptors (Lipinski definition) is 3. The molecular weight excluding hydrogens is 492 g/mol. The number of benzene rings is 1. The van der Waals surface area contributed by atoms with Crippen LogP contribution in [0.2, 0.25) is 0 Å². The fraction of sp³-hybridized carbons (Fsp3) is 0.676. The van der Waals surface area contributed by atoms with Gasteiger partial charge in [0.2, 0.25) is 0 Å². The van der Waals surface area contributed by atoms with Crippen LogP contribution in [-0.2, 0) is 20.9 Å². The second kappa shape index (κ2) is 9.17. The first-order chi connectivity index (χ1) is 18.8. The van der Waals surface area contributed by atoms with Crippen LogP contribution in [0.5, 0.6) is 0 Å². The molecule has 0 spiro atoms. The van der Waals surface area contributed by atoms with Crippen LogP contribution in [0, 0.1) is 44.8 Å². The van der Waals surface area contributed by atoms with Crippen molar-refractivity contribution in [3.63, 3.8) is 0 Å². The summed E-state index contributed by atoms with van der Waals surface area (Å²) in [4.78, 5) is 28.0. The Hall–Kier alpha value is -2.16. The molecule has 0 aliphatic heterocycles. The van der Waals surface area contributed by atoms with Crippen molar-refractivity contribution in [3.05, 3.63) is 58.7 Å². The maximum atomic E-state index is 14.4. The van der Waals surface area contributed by atoms with Gasteiger partial charge in [0.1, 0.15) is 6.61 Å². The number of ether oxygens (including phenoxy) is 1. The summed E-state index contributed by atoms with van der Waals surface area (Å²) in [7, 11) is 0. The summed E-state index contributed by atoms with van der Waals surface area (Å²) in [6.07, 6.45) is 11.6. The molecule has 3 saturated carbocycles. The van der Waals surface area contributed by atoms with E-state index in [4.69, 9.17) is 4.74 Å². The predicted octanol–water partition coefficient (Wildman–Crippen LogP) is 9.02. The van der Waals surface area contributed by atoms with Crippen molar-refractivity contribution in [2.24, 2.45) is 44.8 Å². The number of fused-ring (bicyclic) bond motifs is 7. The van der Waals surface area contributed by atoms with Gasteiger partial charge in [0.05, 0.1) is 5.41 Å². The highest BCUT2D eigenvalue weighted by Gasteiger charge is 2.68. The molecule has 0 amide bonds. The zero-order valence-electron chi connectivity index (χ0n) is 26.0. The summed E-state index contributed by atoms with van der Waals surface area (Å²) in [6.45, 7) is 16.9. The molecule has 0 N–H and O–H groups in total. The Balaban J connectivity index is 1.34. The lowest BCUT2D eigenvalue weighted by Crippen LogP contribution is -2.62. The normalized spacial score (nSPS) is 42.5. The van der Waals surface area contributed by atoms with Gasteiger partial charge in [-0.25, -0.2) is 0 Å². The van der Waals surface area contributed by atoms with Gasteiger partial charge >= 0.3 is 5.97 Å². The summed E-state index contributed by atoms with van der Waals surface area (Å²) in [6, 6.07) is 9.98. The van der Waals surface area contributed by atoms with Gasteiger partial charge in [0.15, 0.2) is 5.78 Å². The van der Waals surface area contributed by atoms with E-state index in [0.29, 0.717) is 18.3 Å². The highest BCUT2D eigenvalue weighted by Crippen LogP contribution is 2.74. The zero-order valence-corrected chi connectivity index (χ0v) is 26.0. The highest BCUT2D eigenvalue weighted by atomic mass is 16.5. The van der Waals surface area contributed by atoms with Crippen LogP contribution in [0.1, 0.15) is 112 Å². The van der Waals surface area contributed by atoms with E-state index in [1.165, 1.54) is 12.0 Å². The number of ketones is 1. The SMILES string of the molecule is CC(C)C1=C2CC[C@]3(C)[C@@H](C(=O)C=C4[C@@H]5C[C@@](C)(C(=O)OCc6ccccc6)CC[C@]5(C)CC[C@]43C)[C@@]2(C)CC1. The first kappa shape index (κ1) is 28.0. The van der Waals surface area contributed by atoms with E-state index in [1.54, 1.807) is 11.1 Å². The monoisotopic (exact) mass is 542 g/mol. The van der Waals surface area contributed by atoms with Crippen LogP contribution >= 0.6 is 0 Å². The Morgan fingerprint density at radius 3 is 2.33 bits per heavy atom. The largest absolute Gasteiger partial charge is 0.460 e. The van der Waals surface area contributed by atoms with Crippen LogP contribution in [-0.4, -0.2) is 11.8 Å². The van der Waals surface area contributed by atoms with Gasteiger partial charge in [-0.3, -0.25) is 9.59 Å². The number of allylic oxidation sites excluding steroid dienone is 4. The molecule has 0 heterocycles. The molecule has 0 radical (unpaired) electrons. The molecule has 1 aromatic rings. The molecule has 0 unspecified atom stereocenters. The fourth-order valence-corrected chi connectivity index (χ4v) is 10.5. The second-order valence-electron chi connectivity index (χ2n) is 15.8. The van der Waals surface area contributed by atoms with Crippen LogP contribution in [0.25, 0.3) is 0 Å². The van der Waals surface area contributed by atoms with Gasteiger partial charge < -0.3 is 4.74 Å². The second-order valence-corrected chi connectivity index (χ2v) is 15.8. The lowest BCUT2D eigenvalue weighted by atomic mass is 9.36. The van der Waals surface area contributed by atoms with Crippen molar-refractivity contribution in [1.29, 1.82) is 0 Å². The van der Waals surface area contributed by atoms with Crippen molar-refractivity contribution in [2.75, 3.05) is 0 Å². The molecule has 7 atom stereocenters. The summed E-state index contributed by atoms with van der Waals surface area (Å²) in [5, 5.41) is 0. The summed E-state index contributed by atoms with van der Waals surface area (Å²) in [5.41, 5.74) is 5.16. The number of carbonyl (C=O) groups is 2. The molecule has 6 rings (SSSR count). The summed E-state index contributed by atoms with van der Waals surface area (Å²) in [5.74, 6) is 1.16. The number of hydrogen-bond donors (Lipinski definition) is 0. The van der Waals surface area contributed by atoms with E-state index in [-0.39, 0.29) is 39.5 Å². The molecule has 0 bridgehead atoms. The van der Waals surface area contributed by atoms with E-state index < -0.39 is 5.41 Å². The minimum atomic E-state index is -0.523. The highest BCUT2D eigenvalue weighted by molar-refractivity contribution is 5.96. The van der Waals surface area contributed by atoms with Gasteiger partial charge in [-0.05, 0) is 110 Å². The first-order valence-electron chi connectivity index (χ1n) is 16.0. The van der Waals surface area contributed by atoms with E-state index in [0.717, 1.165) is 56.9 Å². The van der Waals surface area contributed by atoms with Gasteiger partial charge in [-0.2, -0.15) is 0 Å². The molecule has 1 aromatic carbocycles. The Morgan fingerprint density at radius 1 is 0.925 bits per heavy atom. The maximum Gasteiger partial charge on any atom is 0.312 e. The molecule has 3 heteroatoms. The van der Waals surface area contributed by atoms with E-state index in [1.807, 2.05) is 30.3 Å². The third-order valence-electron chi connectivity index (χ3n) is 13.4. The Labute approximate surface area is 242 Å².